The Labute approximate surface area is 124 Å². The monoisotopic (exact) mass is 297 g/mol. The van der Waals surface area contributed by atoms with Gasteiger partial charge in [0.2, 0.25) is 0 Å². The predicted octanol–water partition coefficient (Wildman–Crippen LogP) is 2.02. The summed E-state index contributed by atoms with van der Waals surface area (Å²) in [6, 6.07) is 5.95. The van der Waals surface area contributed by atoms with Crippen molar-refractivity contribution in [1.82, 2.24) is 5.32 Å². The Morgan fingerprint density at radius 2 is 2.30 bits per heavy atom. The summed E-state index contributed by atoms with van der Waals surface area (Å²) in [5, 5.41) is 15.3. The average molecular weight is 297 g/mol. The van der Waals surface area contributed by atoms with Crippen molar-refractivity contribution in [2.75, 3.05) is 19.1 Å². The number of methoxy groups -OCH3 is 1. The first kappa shape index (κ1) is 16.7. The average Bonchev–Trinajstić information content (AvgIpc) is 2.50. The third-order valence-corrected chi connectivity index (χ3v) is 3.86. The van der Waals surface area contributed by atoms with Gasteiger partial charge in [-0.1, -0.05) is 12.1 Å². The zero-order valence-electron chi connectivity index (χ0n) is 12.2. The van der Waals surface area contributed by atoms with Gasteiger partial charge < -0.3 is 21.0 Å². The highest BCUT2D eigenvalue weighted by atomic mass is 32.2. The Morgan fingerprint density at radius 1 is 1.55 bits per heavy atom. The highest BCUT2D eigenvalue weighted by Crippen LogP contribution is 2.20. The molecule has 1 rings (SSSR count). The number of thioether (sulfide) groups is 1. The van der Waals surface area contributed by atoms with E-state index in [0.717, 1.165) is 23.5 Å². The molecule has 0 aliphatic heterocycles. The number of rotatable bonds is 8. The first-order chi connectivity index (χ1) is 9.65. The fraction of sp³-hybridized carbons (Fsp3) is 0.500. The molecular weight excluding hydrogens is 274 g/mol. The molecule has 0 fully saturated rings. The van der Waals surface area contributed by atoms with Crippen molar-refractivity contribution in [2.45, 2.75) is 25.9 Å². The predicted molar refractivity (Wildman–Crippen MR) is 84.8 cm³/mol. The minimum Gasteiger partial charge on any atom is -0.496 e. The van der Waals surface area contributed by atoms with Crippen LogP contribution in [-0.2, 0) is 6.54 Å². The van der Waals surface area contributed by atoms with Crippen LogP contribution in [0, 0.1) is 0 Å². The Bertz CT molecular complexity index is 452. The van der Waals surface area contributed by atoms with Crippen LogP contribution in [0.15, 0.2) is 23.4 Å². The molecule has 1 aromatic rings. The molecule has 0 bridgehead atoms. The number of nitrogens with two attached hydrogens (primary N) is 1. The van der Waals surface area contributed by atoms with Gasteiger partial charge in [0.25, 0.3) is 0 Å². The van der Waals surface area contributed by atoms with E-state index in [1.54, 1.807) is 13.2 Å². The number of nitrogens with zero attached hydrogens (tertiary/aromatic N) is 1. The van der Waals surface area contributed by atoms with Crippen molar-refractivity contribution < 1.29 is 9.94 Å². The second-order valence-corrected chi connectivity index (χ2v) is 5.36. The zero-order valence-corrected chi connectivity index (χ0v) is 13.0. The molecule has 5 nitrogen and oxygen atoms in total. The van der Waals surface area contributed by atoms with Crippen molar-refractivity contribution in [1.29, 1.82) is 0 Å². The van der Waals surface area contributed by atoms with Crippen LogP contribution in [0.4, 0.5) is 0 Å². The number of hydrogen-bond donors (Lipinski definition) is 3. The van der Waals surface area contributed by atoms with Crippen molar-refractivity contribution in [3.05, 3.63) is 29.3 Å². The first-order valence-electron chi connectivity index (χ1n) is 6.53. The molecule has 1 unspecified atom stereocenters. The van der Waals surface area contributed by atoms with E-state index in [2.05, 4.69) is 23.7 Å². The number of benzene rings is 1. The lowest BCUT2D eigenvalue weighted by Gasteiger charge is -2.17. The number of hydrogen-bond acceptors (Lipinski definition) is 5. The lowest BCUT2D eigenvalue weighted by atomic mass is 10.1. The molecule has 6 heteroatoms. The smallest absolute Gasteiger partial charge is 0.170 e. The number of oxime groups is 1. The molecule has 4 N–H and O–H groups in total. The Morgan fingerprint density at radius 3 is 2.85 bits per heavy atom. The summed E-state index contributed by atoms with van der Waals surface area (Å²) in [4.78, 5) is 0. The molecule has 0 saturated heterocycles. The number of ether oxygens (including phenoxy) is 1. The van der Waals surface area contributed by atoms with Crippen molar-refractivity contribution in [2.24, 2.45) is 10.9 Å². The van der Waals surface area contributed by atoms with Gasteiger partial charge in [-0.25, -0.2) is 0 Å². The van der Waals surface area contributed by atoms with Gasteiger partial charge in [0.1, 0.15) is 5.75 Å². The summed E-state index contributed by atoms with van der Waals surface area (Å²) in [6.45, 7) is 2.85. The first-order valence-corrected chi connectivity index (χ1v) is 7.92. The van der Waals surface area contributed by atoms with Crippen LogP contribution in [0.1, 0.15) is 24.5 Å². The molecule has 0 aliphatic carbocycles. The van der Waals surface area contributed by atoms with Gasteiger partial charge in [0.15, 0.2) is 5.84 Å². The van der Waals surface area contributed by atoms with Crippen LogP contribution >= 0.6 is 11.8 Å². The van der Waals surface area contributed by atoms with Gasteiger partial charge in [-0.2, -0.15) is 11.8 Å². The zero-order chi connectivity index (χ0) is 15.0. The second kappa shape index (κ2) is 8.71. The van der Waals surface area contributed by atoms with Gasteiger partial charge in [-0.05, 0) is 30.9 Å². The molecule has 0 spiro atoms. The van der Waals surface area contributed by atoms with Crippen LogP contribution in [0.2, 0.25) is 0 Å². The minimum absolute atomic E-state index is 0.102. The maximum absolute atomic E-state index is 8.75. The number of nitrogens with one attached hydrogen (secondary N) is 1. The van der Waals surface area contributed by atoms with Gasteiger partial charge in [0, 0.05) is 29.5 Å². The molecule has 0 aliphatic rings. The highest BCUT2D eigenvalue weighted by Gasteiger charge is 2.10. The van der Waals surface area contributed by atoms with Crippen LogP contribution in [0.25, 0.3) is 0 Å². The highest BCUT2D eigenvalue weighted by molar-refractivity contribution is 7.98. The Balaban J connectivity index is 2.85. The molecule has 112 valence electrons. The third kappa shape index (κ3) is 4.61. The van der Waals surface area contributed by atoms with Gasteiger partial charge >= 0.3 is 0 Å². The Kier molecular flexibility index (Phi) is 7.25. The summed E-state index contributed by atoms with van der Waals surface area (Å²) in [5.74, 6) is 1.97. The van der Waals surface area contributed by atoms with Crippen molar-refractivity contribution in [3.8, 4) is 5.75 Å². The van der Waals surface area contributed by atoms with Crippen LogP contribution in [0.5, 0.6) is 5.75 Å². The maximum Gasteiger partial charge on any atom is 0.170 e. The molecule has 0 radical (unpaired) electrons. The van der Waals surface area contributed by atoms with Gasteiger partial charge in [-0.15, -0.1) is 0 Å². The molecule has 0 amide bonds. The fourth-order valence-electron chi connectivity index (χ4n) is 1.91. The standard InChI is InChI=1S/C14H23N3O2S/c1-4-12(9-20-3)16-8-11-7-10(14(15)17-18)5-6-13(11)19-2/h5-7,12,16,18H,4,8-9H2,1-3H3,(H2,15,17). The molecular formula is C14H23N3O2S. The van der Waals surface area contributed by atoms with Gasteiger partial charge in [-0.3, -0.25) is 0 Å². The fourth-order valence-corrected chi connectivity index (χ4v) is 2.67. The van der Waals surface area contributed by atoms with E-state index in [4.69, 9.17) is 15.7 Å². The third-order valence-electron chi connectivity index (χ3n) is 3.13. The van der Waals surface area contributed by atoms with Crippen molar-refractivity contribution in [3.63, 3.8) is 0 Å². The largest absolute Gasteiger partial charge is 0.496 e. The SMILES string of the molecule is CCC(CSC)NCc1cc(/C(N)=N/O)ccc1OC. The van der Waals surface area contributed by atoms with Crippen molar-refractivity contribution >= 4 is 17.6 Å². The van der Waals surface area contributed by atoms with E-state index in [0.29, 0.717) is 18.2 Å². The van der Waals surface area contributed by atoms with Crippen LogP contribution in [-0.4, -0.2) is 36.2 Å². The molecule has 0 heterocycles. The van der Waals surface area contributed by atoms with Crippen LogP contribution < -0.4 is 15.8 Å². The Hall–Kier alpha value is -1.40. The maximum atomic E-state index is 8.75. The molecule has 0 saturated carbocycles. The normalized spacial score (nSPS) is 13.2. The topological polar surface area (TPSA) is 79.9 Å². The summed E-state index contributed by atoms with van der Waals surface area (Å²) >= 11 is 1.83. The second-order valence-electron chi connectivity index (χ2n) is 4.45. The van der Waals surface area contributed by atoms with E-state index < -0.39 is 0 Å². The van der Waals surface area contributed by atoms with Crippen LogP contribution in [0.3, 0.4) is 0 Å². The molecule has 0 aromatic heterocycles. The lowest BCUT2D eigenvalue weighted by Crippen LogP contribution is -2.30. The molecule has 20 heavy (non-hydrogen) atoms. The number of amidine groups is 1. The molecule has 1 aromatic carbocycles. The van der Waals surface area contributed by atoms with E-state index in [-0.39, 0.29) is 5.84 Å². The minimum atomic E-state index is 0.102. The lowest BCUT2D eigenvalue weighted by molar-refractivity contribution is 0.318. The summed E-state index contributed by atoms with van der Waals surface area (Å²) in [6.07, 6.45) is 3.17. The van der Waals surface area contributed by atoms with E-state index >= 15 is 0 Å². The van der Waals surface area contributed by atoms with Gasteiger partial charge in [0.05, 0.1) is 7.11 Å². The summed E-state index contributed by atoms with van der Waals surface area (Å²) < 4.78 is 5.35. The molecule has 1 atom stereocenters. The quantitative estimate of drug-likeness (QED) is 0.296. The van der Waals surface area contributed by atoms with E-state index in [9.17, 15) is 0 Å². The summed E-state index contributed by atoms with van der Waals surface area (Å²) in [5.41, 5.74) is 7.30. The summed E-state index contributed by atoms with van der Waals surface area (Å²) in [7, 11) is 1.64. The van der Waals surface area contributed by atoms with E-state index in [1.165, 1.54) is 0 Å². The van der Waals surface area contributed by atoms with E-state index in [1.807, 2.05) is 23.9 Å².